The third-order valence-electron chi connectivity index (χ3n) is 5.62. The van der Waals surface area contributed by atoms with E-state index in [1.165, 1.54) is 17.5 Å². The average Bonchev–Trinajstić information content (AvgIpc) is 3.06. The first-order chi connectivity index (χ1) is 15.4. The Hall–Kier alpha value is -2.71. The summed E-state index contributed by atoms with van der Waals surface area (Å²) < 4.78 is 29.0. The van der Waals surface area contributed by atoms with Gasteiger partial charge in [-0.1, -0.05) is 61.2 Å². The Labute approximate surface area is 193 Å². The predicted molar refractivity (Wildman–Crippen MR) is 126 cm³/mol. The van der Waals surface area contributed by atoms with E-state index in [-0.39, 0.29) is 35.6 Å². The zero-order valence-corrected chi connectivity index (χ0v) is 19.1. The summed E-state index contributed by atoms with van der Waals surface area (Å²) in [6.07, 6.45) is 7.19. The topological polar surface area (TPSA) is 91.2 Å². The molecule has 1 N–H and O–H groups in total. The van der Waals surface area contributed by atoms with E-state index in [4.69, 9.17) is 11.6 Å². The largest absolute Gasteiger partial charge is 0.353 e. The zero-order chi connectivity index (χ0) is 22.6. The fraction of sp³-hybridized carbons (Fsp3) is 0.348. The van der Waals surface area contributed by atoms with Gasteiger partial charge in [-0.3, -0.25) is 4.79 Å². The molecular formula is C23H25ClN4O3S. The molecule has 1 amide bonds. The van der Waals surface area contributed by atoms with Gasteiger partial charge in [-0.15, -0.1) is 4.40 Å². The molecule has 7 nitrogen and oxygen atoms in total. The molecule has 1 saturated carbocycles. The number of hydrogen-bond donors (Lipinski definition) is 1. The Morgan fingerprint density at radius 2 is 1.84 bits per heavy atom. The van der Waals surface area contributed by atoms with Crippen LogP contribution in [0.2, 0.25) is 5.02 Å². The average molecular weight is 473 g/mol. The van der Waals surface area contributed by atoms with Gasteiger partial charge < -0.3 is 5.32 Å². The lowest BCUT2D eigenvalue weighted by Crippen LogP contribution is -2.38. The second-order valence-corrected chi connectivity index (χ2v) is 9.91. The fourth-order valence-electron chi connectivity index (χ4n) is 3.96. The van der Waals surface area contributed by atoms with Gasteiger partial charge in [0.05, 0.1) is 12.8 Å². The van der Waals surface area contributed by atoms with E-state index in [1.54, 1.807) is 36.5 Å². The van der Waals surface area contributed by atoms with Crippen molar-refractivity contribution < 1.29 is 13.2 Å². The number of amidine groups is 1. The van der Waals surface area contributed by atoms with E-state index < -0.39 is 10.0 Å². The number of hydrazone groups is 1. The first-order valence-electron chi connectivity index (χ1n) is 10.7. The number of fused-ring (bicyclic) bond motifs is 1. The number of nitrogens with zero attached hydrogens (tertiary/aromatic N) is 3. The molecule has 1 fully saturated rings. The van der Waals surface area contributed by atoms with Crippen molar-refractivity contribution in [2.24, 2.45) is 9.50 Å². The lowest BCUT2D eigenvalue weighted by Gasteiger charge is -2.24. The summed E-state index contributed by atoms with van der Waals surface area (Å²) in [7, 11) is -3.81. The van der Waals surface area contributed by atoms with Gasteiger partial charge in [-0.05, 0) is 31.0 Å². The summed E-state index contributed by atoms with van der Waals surface area (Å²) in [5.74, 6) is 0.124. The highest BCUT2D eigenvalue weighted by Crippen LogP contribution is 2.28. The van der Waals surface area contributed by atoms with Crippen LogP contribution < -0.4 is 5.32 Å². The third-order valence-corrected chi connectivity index (χ3v) is 7.29. The molecule has 0 atom stereocenters. The molecule has 0 radical (unpaired) electrons. The van der Waals surface area contributed by atoms with Gasteiger partial charge in [-0.2, -0.15) is 13.5 Å². The second kappa shape index (κ2) is 9.83. The number of rotatable bonds is 6. The molecular weight excluding hydrogens is 448 g/mol. The van der Waals surface area contributed by atoms with Crippen molar-refractivity contribution in [3.05, 3.63) is 64.7 Å². The number of halogens is 1. The van der Waals surface area contributed by atoms with Gasteiger partial charge in [0.2, 0.25) is 5.91 Å². The lowest BCUT2D eigenvalue weighted by molar-refractivity contribution is -0.122. The summed E-state index contributed by atoms with van der Waals surface area (Å²) in [6, 6.07) is 14.0. The number of sulfonamides is 1. The van der Waals surface area contributed by atoms with Crippen molar-refractivity contribution in [3.8, 4) is 0 Å². The lowest BCUT2D eigenvalue weighted by atomic mass is 9.95. The van der Waals surface area contributed by atoms with Gasteiger partial charge in [0.15, 0.2) is 5.84 Å². The van der Waals surface area contributed by atoms with Crippen molar-refractivity contribution in [2.45, 2.75) is 49.5 Å². The summed E-state index contributed by atoms with van der Waals surface area (Å²) in [5, 5.41) is 9.54. The standard InChI is InChI=1S/C23H25ClN4O3S/c24-20-12-6-4-8-17(20)16-25-28(15-14-22(29)26-18-9-2-1-3-10-18)23-19-11-5-7-13-21(19)32(30,31)27-23/h4-8,11-13,16,18H,1-3,9-10,14-15H2,(H,26,29)/b25-16+. The highest BCUT2D eigenvalue weighted by molar-refractivity contribution is 7.90. The fourth-order valence-corrected chi connectivity index (χ4v) is 5.35. The quantitative estimate of drug-likeness (QED) is 0.508. The molecule has 1 aliphatic heterocycles. The molecule has 0 aromatic heterocycles. The van der Waals surface area contributed by atoms with Crippen LogP contribution in [0.25, 0.3) is 0 Å². The Kier molecular flexibility index (Phi) is 6.91. The summed E-state index contributed by atoms with van der Waals surface area (Å²) >= 11 is 6.23. The normalized spacial score (nSPS) is 17.7. The van der Waals surface area contributed by atoms with Crippen LogP contribution >= 0.6 is 11.6 Å². The summed E-state index contributed by atoms with van der Waals surface area (Å²) in [4.78, 5) is 12.7. The monoisotopic (exact) mass is 472 g/mol. The van der Waals surface area contributed by atoms with Crippen molar-refractivity contribution in [1.29, 1.82) is 0 Å². The van der Waals surface area contributed by atoms with E-state index in [2.05, 4.69) is 14.8 Å². The second-order valence-electron chi connectivity index (χ2n) is 7.93. The molecule has 2 aromatic carbocycles. The van der Waals surface area contributed by atoms with Crippen LogP contribution in [-0.4, -0.2) is 44.0 Å². The van der Waals surface area contributed by atoms with Gasteiger partial charge in [0, 0.05) is 28.6 Å². The SMILES string of the molecule is O=C(CCN(/N=C/c1ccccc1Cl)C1=NS(=O)(=O)c2ccccc21)NC1CCCCC1. The van der Waals surface area contributed by atoms with Crippen LogP contribution in [0.3, 0.4) is 0 Å². The minimum absolute atomic E-state index is 0.0791. The van der Waals surface area contributed by atoms with Crippen molar-refractivity contribution in [1.82, 2.24) is 10.3 Å². The predicted octanol–water partition coefficient (Wildman–Crippen LogP) is 3.96. The van der Waals surface area contributed by atoms with E-state index >= 15 is 0 Å². The van der Waals surface area contributed by atoms with Gasteiger partial charge in [0.1, 0.15) is 4.90 Å². The van der Waals surface area contributed by atoms with Crippen molar-refractivity contribution in [3.63, 3.8) is 0 Å². The maximum atomic E-state index is 12.6. The van der Waals surface area contributed by atoms with Crippen LogP contribution in [0.4, 0.5) is 0 Å². The minimum atomic E-state index is -3.81. The summed E-state index contributed by atoms with van der Waals surface area (Å²) in [5.41, 5.74) is 1.15. The van der Waals surface area contributed by atoms with Crippen molar-refractivity contribution in [2.75, 3.05) is 6.54 Å². The van der Waals surface area contributed by atoms with E-state index in [1.807, 2.05) is 12.1 Å². The molecule has 0 unspecified atom stereocenters. The molecule has 4 rings (SSSR count). The van der Waals surface area contributed by atoms with Crippen LogP contribution in [0.15, 0.2) is 62.9 Å². The van der Waals surface area contributed by atoms with Crippen LogP contribution in [0.1, 0.15) is 49.7 Å². The number of nitrogens with one attached hydrogen (secondary N) is 1. The molecule has 2 aliphatic rings. The maximum Gasteiger partial charge on any atom is 0.285 e. The van der Waals surface area contributed by atoms with Crippen LogP contribution in [0.5, 0.6) is 0 Å². The van der Waals surface area contributed by atoms with E-state index in [9.17, 15) is 13.2 Å². The number of amides is 1. The van der Waals surface area contributed by atoms with Gasteiger partial charge in [0.25, 0.3) is 10.0 Å². The van der Waals surface area contributed by atoms with Crippen LogP contribution in [-0.2, 0) is 14.8 Å². The van der Waals surface area contributed by atoms with E-state index in [0.29, 0.717) is 16.1 Å². The number of hydrogen-bond acceptors (Lipinski definition) is 5. The molecule has 0 bridgehead atoms. The smallest absolute Gasteiger partial charge is 0.285 e. The number of carbonyl (C=O) groups is 1. The molecule has 0 spiro atoms. The van der Waals surface area contributed by atoms with Crippen molar-refractivity contribution >= 4 is 39.6 Å². The highest BCUT2D eigenvalue weighted by Gasteiger charge is 2.32. The van der Waals surface area contributed by atoms with Crippen LogP contribution in [0, 0.1) is 0 Å². The van der Waals surface area contributed by atoms with Gasteiger partial charge in [-0.25, -0.2) is 5.01 Å². The maximum absolute atomic E-state index is 12.6. The number of carbonyl (C=O) groups excluding carboxylic acids is 1. The highest BCUT2D eigenvalue weighted by atomic mass is 35.5. The minimum Gasteiger partial charge on any atom is -0.353 e. The molecule has 32 heavy (non-hydrogen) atoms. The molecule has 2 aromatic rings. The third kappa shape index (κ3) is 5.19. The Bertz CT molecular complexity index is 1160. The molecule has 1 heterocycles. The first kappa shape index (κ1) is 22.5. The molecule has 168 valence electrons. The number of benzene rings is 2. The zero-order valence-electron chi connectivity index (χ0n) is 17.6. The molecule has 1 aliphatic carbocycles. The Morgan fingerprint density at radius 1 is 1.12 bits per heavy atom. The Balaban J connectivity index is 1.56. The van der Waals surface area contributed by atoms with E-state index in [0.717, 1.165) is 25.7 Å². The first-order valence-corrected chi connectivity index (χ1v) is 12.6. The Morgan fingerprint density at radius 3 is 2.62 bits per heavy atom. The van der Waals surface area contributed by atoms with Gasteiger partial charge >= 0.3 is 0 Å². The molecule has 0 saturated heterocycles. The molecule has 9 heteroatoms. The summed E-state index contributed by atoms with van der Waals surface area (Å²) in [6.45, 7) is 0.183.